The smallest absolute Gasteiger partial charge is 0.225 e. The first-order valence-electron chi connectivity index (χ1n) is 22.2. The zero-order valence-corrected chi connectivity index (χ0v) is 32.9. The molecular weight excluding hydrogens is 588 g/mol. The number of amides is 2. The number of carbonyl (C=O) groups excluding carboxylic acids is 2. The van der Waals surface area contributed by atoms with Crippen molar-refractivity contribution in [3.63, 3.8) is 0 Å². The monoisotopic (exact) mass is 675 g/mol. The van der Waals surface area contributed by atoms with Gasteiger partial charge in [-0.05, 0) is 38.5 Å². The predicted octanol–water partition coefficient (Wildman–Crippen LogP) is 13.6. The molecule has 48 heavy (non-hydrogen) atoms. The number of rotatable bonds is 36. The molecule has 4 heteroatoms. The Balaban J connectivity index is 2.14. The molecule has 1 aliphatic rings. The quantitative estimate of drug-likeness (QED) is 0.0672. The lowest BCUT2D eigenvalue weighted by molar-refractivity contribution is -0.138. The van der Waals surface area contributed by atoms with Gasteiger partial charge in [-0.1, -0.05) is 206 Å². The van der Waals surface area contributed by atoms with E-state index in [2.05, 4.69) is 18.7 Å². The van der Waals surface area contributed by atoms with Gasteiger partial charge in [0.1, 0.15) is 0 Å². The van der Waals surface area contributed by atoms with Crippen molar-refractivity contribution in [2.75, 3.05) is 13.1 Å². The van der Waals surface area contributed by atoms with E-state index < -0.39 is 0 Å². The second-order valence-electron chi connectivity index (χ2n) is 15.9. The fraction of sp³-hybridized carbons (Fsp3) is 0.955. The Labute approximate surface area is 301 Å². The van der Waals surface area contributed by atoms with Crippen LogP contribution in [0.1, 0.15) is 245 Å². The van der Waals surface area contributed by atoms with Crippen molar-refractivity contribution in [3.8, 4) is 0 Å². The highest BCUT2D eigenvalue weighted by Crippen LogP contribution is 2.30. The van der Waals surface area contributed by atoms with Gasteiger partial charge in [-0.25, -0.2) is 0 Å². The summed E-state index contributed by atoms with van der Waals surface area (Å²) in [4.78, 5) is 27.4. The van der Waals surface area contributed by atoms with Crippen molar-refractivity contribution in [1.82, 2.24) is 4.90 Å². The lowest BCUT2D eigenvalue weighted by Crippen LogP contribution is -2.40. The molecule has 0 aromatic carbocycles. The minimum absolute atomic E-state index is 0.0249. The van der Waals surface area contributed by atoms with Crippen molar-refractivity contribution in [2.45, 2.75) is 245 Å². The Bertz CT molecular complexity index is 666. The van der Waals surface area contributed by atoms with Gasteiger partial charge in [0.2, 0.25) is 11.8 Å². The summed E-state index contributed by atoms with van der Waals surface area (Å²) in [6.07, 6.45) is 47.3. The van der Waals surface area contributed by atoms with Crippen molar-refractivity contribution >= 4 is 11.8 Å². The number of primary amides is 1. The van der Waals surface area contributed by atoms with Crippen LogP contribution in [0.5, 0.6) is 0 Å². The van der Waals surface area contributed by atoms with Gasteiger partial charge in [0, 0.05) is 24.9 Å². The van der Waals surface area contributed by atoms with Gasteiger partial charge in [0.15, 0.2) is 0 Å². The summed E-state index contributed by atoms with van der Waals surface area (Å²) < 4.78 is 0. The lowest BCUT2D eigenvalue weighted by Gasteiger charge is -2.31. The van der Waals surface area contributed by atoms with Crippen LogP contribution in [0.25, 0.3) is 0 Å². The molecule has 1 fully saturated rings. The maximum absolute atomic E-state index is 13.6. The average molecular weight is 675 g/mol. The van der Waals surface area contributed by atoms with E-state index >= 15 is 0 Å². The Hall–Kier alpha value is -1.06. The Morgan fingerprint density at radius 3 is 0.875 bits per heavy atom. The number of nitrogens with zero attached hydrogens (tertiary/aromatic N) is 1. The number of nitrogens with two attached hydrogens (primary N) is 1. The largest absolute Gasteiger partial charge is 0.369 e. The summed E-state index contributed by atoms with van der Waals surface area (Å²) in [5, 5.41) is 0. The molecule has 0 bridgehead atoms. The van der Waals surface area contributed by atoms with Gasteiger partial charge in [-0.2, -0.15) is 0 Å². The van der Waals surface area contributed by atoms with E-state index in [9.17, 15) is 9.59 Å². The van der Waals surface area contributed by atoms with Crippen LogP contribution in [-0.2, 0) is 9.59 Å². The predicted molar refractivity (Wildman–Crippen MR) is 210 cm³/mol. The number of unbranched alkanes of at least 4 members (excludes halogenated alkanes) is 30. The van der Waals surface area contributed by atoms with Crippen LogP contribution in [0.15, 0.2) is 0 Å². The molecule has 0 spiro atoms. The van der Waals surface area contributed by atoms with Gasteiger partial charge in [-0.3, -0.25) is 9.59 Å². The molecule has 0 aromatic rings. The molecule has 0 unspecified atom stereocenters. The van der Waals surface area contributed by atoms with E-state index in [1.165, 1.54) is 193 Å². The molecule has 0 saturated heterocycles. The lowest BCUT2D eigenvalue weighted by atomic mass is 9.81. The van der Waals surface area contributed by atoms with Crippen LogP contribution in [0, 0.1) is 11.8 Å². The summed E-state index contributed by atoms with van der Waals surface area (Å²) in [6, 6.07) is 0. The Kier molecular flexibility index (Phi) is 32.2. The zero-order valence-electron chi connectivity index (χ0n) is 32.9. The average Bonchev–Trinajstić information content (AvgIpc) is 3.10. The molecule has 2 N–H and O–H groups in total. The minimum atomic E-state index is -0.181. The Morgan fingerprint density at radius 2 is 0.625 bits per heavy atom. The van der Waals surface area contributed by atoms with Crippen LogP contribution < -0.4 is 5.73 Å². The first-order valence-corrected chi connectivity index (χ1v) is 22.2. The molecule has 0 aromatic heterocycles. The topological polar surface area (TPSA) is 63.4 Å². The maximum Gasteiger partial charge on any atom is 0.225 e. The first-order chi connectivity index (χ1) is 23.6. The summed E-state index contributed by atoms with van der Waals surface area (Å²) in [5.74, 6) is 0.254. The third kappa shape index (κ3) is 26.8. The van der Waals surface area contributed by atoms with Crippen LogP contribution in [0.3, 0.4) is 0 Å². The molecule has 1 saturated carbocycles. The second-order valence-corrected chi connectivity index (χ2v) is 15.9. The molecular formula is C44H86N2O2. The normalized spacial score (nSPS) is 16.4. The third-order valence-corrected chi connectivity index (χ3v) is 11.4. The summed E-state index contributed by atoms with van der Waals surface area (Å²) in [6.45, 7) is 6.43. The van der Waals surface area contributed by atoms with E-state index in [0.29, 0.717) is 5.91 Å². The first kappa shape index (κ1) is 45.0. The molecule has 0 radical (unpaired) electrons. The van der Waals surface area contributed by atoms with E-state index in [-0.39, 0.29) is 17.7 Å². The van der Waals surface area contributed by atoms with Gasteiger partial charge < -0.3 is 10.6 Å². The highest BCUT2D eigenvalue weighted by Gasteiger charge is 2.31. The standard InChI is InChI=1S/C44H86N2O2/c1-3-5-7-9-11-13-15-17-19-21-23-25-27-29-31-33-39-46(44(48)42-37-35-41(36-38-42)43(45)47)40-34-32-30-28-26-24-22-20-18-16-14-12-10-8-6-4-2/h41-42H,3-40H2,1-2H3,(H2,45,47). The van der Waals surface area contributed by atoms with Crippen molar-refractivity contribution in [2.24, 2.45) is 17.6 Å². The van der Waals surface area contributed by atoms with E-state index in [4.69, 9.17) is 5.73 Å². The van der Waals surface area contributed by atoms with Gasteiger partial charge in [0.25, 0.3) is 0 Å². The third-order valence-electron chi connectivity index (χ3n) is 11.4. The second kappa shape index (κ2) is 34.4. The van der Waals surface area contributed by atoms with Crippen LogP contribution in [0.2, 0.25) is 0 Å². The highest BCUT2D eigenvalue weighted by molar-refractivity contribution is 5.80. The fourth-order valence-corrected chi connectivity index (χ4v) is 7.92. The molecule has 4 nitrogen and oxygen atoms in total. The van der Waals surface area contributed by atoms with Crippen molar-refractivity contribution in [3.05, 3.63) is 0 Å². The highest BCUT2D eigenvalue weighted by atomic mass is 16.2. The van der Waals surface area contributed by atoms with Gasteiger partial charge in [0.05, 0.1) is 0 Å². The number of hydrogen-bond donors (Lipinski definition) is 1. The fourth-order valence-electron chi connectivity index (χ4n) is 7.92. The Morgan fingerprint density at radius 1 is 0.396 bits per heavy atom. The molecule has 0 heterocycles. The number of hydrogen-bond acceptors (Lipinski definition) is 2. The van der Waals surface area contributed by atoms with E-state index in [0.717, 1.165) is 51.6 Å². The van der Waals surface area contributed by atoms with E-state index in [1.807, 2.05) is 0 Å². The minimum Gasteiger partial charge on any atom is -0.369 e. The van der Waals surface area contributed by atoms with Gasteiger partial charge >= 0.3 is 0 Å². The maximum atomic E-state index is 13.6. The van der Waals surface area contributed by atoms with Crippen molar-refractivity contribution in [1.29, 1.82) is 0 Å². The molecule has 0 atom stereocenters. The summed E-state index contributed by atoms with van der Waals surface area (Å²) in [5.41, 5.74) is 5.56. The zero-order chi connectivity index (χ0) is 34.8. The molecule has 0 aliphatic heterocycles. The molecule has 284 valence electrons. The van der Waals surface area contributed by atoms with Crippen LogP contribution >= 0.6 is 0 Å². The summed E-state index contributed by atoms with van der Waals surface area (Å²) >= 11 is 0. The summed E-state index contributed by atoms with van der Waals surface area (Å²) in [7, 11) is 0. The molecule has 1 rings (SSSR count). The SMILES string of the molecule is CCCCCCCCCCCCCCCCCCN(CCCCCCCCCCCCCCCCCC)C(=O)C1CCC(C(N)=O)CC1. The van der Waals surface area contributed by atoms with Crippen LogP contribution in [0.4, 0.5) is 0 Å². The van der Waals surface area contributed by atoms with Crippen LogP contribution in [-0.4, -0.2) is 29.8 Å². The number of carbonyl (C=O) groups is 2. The molecule has 2 amide bonds. The molecule has 1 aliphatic carbocycles. The van der Waals surface area contributed by atoms with E-state index in [1.54, 1.807) is 0 Å². The van der Waals surface area contributed by atoms with Gasteiger partial charge in [-0.15, -0.1) is 0 Å². The van der Waals surface area contributed by atoms with Crippen molar-refractivity contribution < 1.29 is 9.59 Å².